The van der Waals surface area contributed by atoms with Gasteiger partial charge in [0.2, 0.25) is 0 Å². The molecule has 1 fully saturated rings. The number of nitrogens with zero attached hydrogens (tertiary/aromatic N) is 3. The number of aryl methyl sites for hydroxylation is 1. The van der Waals surface area contributed by atoms with Crippen LogP contribution < -0.4 is 4.90 Å². The lowest BCUT2D eigenvalue weighted by Gasteiger charge is -2.37. The number of alkyl halides is 3. The summed E-state index contributed by atoms with van der Waals surface area (Å²) in [6.45, 7) is 0.346. The van der Waals surface area contributed by atoms with Crippen LogP contribution in [-0.2, 0) is 16.0 Å². The predicted octanol–water partition coefficient (Wildman–Crippen LogP) is 4.03. The summed E-state index contributed by atoms with van der Waals surface area (Å²) in [5.74, 6) is -1.11. The second-order valence-corrected chi connectivity index (χ2v) is 7.96. The molecule has 0 bridgehead atoms. The number of piperidine rings is 1. The van der Waals surface area contributed by atoms with E-state index in [1.807, 2.05) is 0 Å². The van der Waals surface area contributed by atoms with Gasteiger partial charge in [-0.2, -0.15) is 13.2 Å². The summed E-state index contributed by atoms with van der Waals surface area (Å²) in [5.41, 5.74) is -0.800. The molecular formula is C22H21F4N3O4. The van der Waals surface area contributed by atoms with Gasteiger partial charge >= 0.3 is 12.1 Å². The maximum Gasteiger partial charge on any atom is 0.389 e. The smallest absolute Gasteiger partial charge is 0.389 e. The minimum atomic E-state index is -4.35. The lowest BCUT2D eigenvalue weighted by atomic mass is 9.91. The highest BCUT2D eigenvalue weighted by Gasteiger charge is 2.41. The molecule has 0 saturated carbocycles. The number of carbonyl (C=O) groups is 1. The number of ether oxygens (including phenoxy) is 1. The Morgan fingerprint density at radius 2 is 2.03 bits per heavy atom. The van der Waals surface area contributed by atoms with Crippen LogP contribution in [0.4, 0.5) is 23.4 Å². The van der Waals surface area contributed by atoms with Crippen LogP contribution in [0.25, 0.3) is 22.2 Å². The number of rotatable bonds is 5. The van der Waals surface area contributed by atoms with Gasteiger partial charge in [-0.05, 0) is 24.6 Å². The number of halogens is 4. The highest BCUT2D eigenvalue weighted by molar-refractivity contribution is 5.86. The summed E-state index contributed by atoms with van der Waals surface area (Å²) >= 11 is 0. The molecular weight excluding hydrogens is 446 g/mol. The first kappa shape index (κ1) is 23.0. The number of carbonyl (C=O) groups excluding carboxylic acids is 1. The normalized spacial score (nSPS) is 16.2. The van der Waals surface area contributed by atoms with Crippen LogP contribution in [0.3, 0.4) is 0 Å². The Morgan fingerprint density at radius 1 is 1.30 bits per heavy atom. The van der Waals surface area contributed by atoms with E-state index >= 15 is 0 Å². The molecule has 0 atom stereocenters. The third-order valence-electron chi connectivity index (χ3n) is 5.70. The molecule has 7 nitrogen and oxygen atoms in total. The SMILES string of the molecule is COC(=O)C1(O)CCN(c2nc(CCC(F)(F)F)cnc2-c2cc(F)c3occc3c2)CC1. The summed E-state index contributed by atoms with van der Waals surface area (Å²) in [4.78, 5) is 22.4. The number of furan rings is 1. The first-order chi connectivity index (χ1) is 15.6. The van der Waals surface area contributed by atoms with Gasteiger partial charge in [0, 0.05) is 49.5 Å². The molecule has 2 aromatic heterocycles. The third-order valence-corrected chi connectivity index (χ3v) is 5.70. The minimum Gasteiger partial charge on any atom is -0.467 e. The molecule has 3 aromatic rings. The molecule has 3 heterocycles. The van der Waals surface area contributed by atoms with Gasteiger partial charge in [-0.15, -0.1) is 0 Å². The molecule has 1 aromatic carbocycles. The van der Waals surface area contributed by atoms with Crippen molar-refractivity contribution in [1.29, 1.82) is 0 Å². The van der Waals surface area contributed by atoms with E-state index in [2.05, 4.69) is 14.7 Å². The van der Waals surface area contributed by atoms with Crippen molar-refractivity contribution in [3.05, 3.63) is 42.2 Å². The molecule has 0 radical (unpaired) electrons. The van der Waals surface area contributed by atoms with Gasteiger partial charge in [-0.25, -0.2) is 14.2 Å². The zero-order chi connectivity index (χ0) is 23.8. The van der Waals surface area contributed by atoms with Crippen LogP contribution in [0.5, 0.6) is 0 Å². The maximum absolute atomic E-state index is 14.5. The molecule has 11 heteroatoms. The van der Waals surface area contributed by atoms with Crippen molar-refractivity contribution in [3.63, 3.8) is 0 Å². The molecule has 4 rings (SSSR count). The number of esters is 1. The molecule has 0 spiro atoms. The van der Waals surface area contributed by atoms with Gasteiger partial charge < -0.3 is 19.2 Å². The zero-order valence-electron chi connectivity index (χ0n) is 17.7. The monoisotopic (exact) mass is 467 g/mol. The van der Waals surface area contributed by atoms with Gasteiger partial charge in [0.1, 0.15) is 5.69 Å². The van der Waals surface area contributed by atoms with E-state index in [1.54, 1.807) is 17.0 Å². The van der Waals surface area contributed by atoms with Crippen LogP contribution in [0.15, 0.2) is 35.1 Å². The fourth-order valence-corrected chi connectivity index (χ4v) is 3.89. The van der Waals surface area contributed by atoms with Crippen LogP contribution >= 0.6 is 0 Å². The molecule has 1 N–H and O–H groups in total. The standard InChI is InChI=1S/C22H21F4N3O4/c1-32-20(30)21(31)5-7-29(8-6-21)19-17(27-12-15(28-19)2-4-22(24,25)26)14-10-13-3-9-33-18(13)16(23)11-14/h3,9-12,31H,2,4-8H2,1H3. The van der Waals surface area contributed by atoms with Crippen molar-refractivity contribution in [1.82, 2.24) is 9.97 Å². The first-order valence-corrected chi connectivity index (χ1v) is 10.3. The van der Waals surface area contributed by atoms with Gasteiger partial charge in [0.25, 0.3) is 0 Å². The summed E-state index contributed by atoms with van der Waals surface area (Å²) < 4.78 is 62.5. The average molecular weight is 467 g/mol. The average Bonchev–Trinajstić information content (AvgIpc) is 3.26. The number of hydrogen-bond donors (Lipinski definition) is 1. The van der Waals surface area contributed by atoms with E-state index in [-0.39, 0.29) is 55.1 Å². The maximum atomic E-state index is 14.5. The topological polar surface area (TPSA) is 88.7 Å². The summed E-state index contributed by atoms with van der Waals surface area (Å²) in [7, 11) is 1.18. The number of hydrogen-bond acceptors (Lipinski definition) is 7. The highest BCUT2D eigenvalue weighted by Crippen LogP contribution is 2.35. The Balaban J connectivity index is 1.71. The fraction of sp³-hybridized carbons (Fsp3) is 0.409. The first-order valence-electron chi connectivity index (χ1n) is 10.3. The zero-order valence-corrected chi connectivity index (χ0v) is 17.7. The number of fused-ring (bicyclic) bond motifs is 1. The summed E-state index contributed by atoms with van der Waals surface area (Å²) in [5, 5.41) is 11.0. The molecule has 0 unspecified atom stereocenters. The summed E-state index contributed by atoms with van der Waals surface area (Å²) in [6, 6.07) is 4.47. The van der Waals surface area contributed by atoms with Crippen LogP contribution in [0.1, 0.15) is 25.0 Å². The highest BCUT2D eigenvalue weighted by atomic mass is 19.4. The number of aliphatic hydroxyl groups is 1. The van der Waals surface area contributed by atoms with E-state index < -0.39 is 30.0 Å². The van der Waals surface area contributed by atoms with E-state index in [0.29, 0.717) is 10.9 Å². The van der Waals surface area contributed by atoms with Crippen LogP contribution in [0, 0.1) is 5.82 Å². The number of methoxy groups -OCH3 is 1. The molecule has 1 aliphatic heterocycles. The lowest BCUT2D eigenvalue weighted by Crippen LogP contribution is -2.50. The summed E-state index contributed by atoms with van der Waals surface area (Å²) in [6.07, 6.45) is -3.11. The number of anilines is 1. The molecule has 33 heavy (non-hydrogen) atoms. The quantitative estimate of drug-likeness (QED) is 0.448. The fourth-order valence-electron chi connectivity index (χ4n) is 3.89. The van der Waals surface area contributed by atoms with Crippen molar-refractivity contribution in [2.45, 2.75) is 37.5 Å². The minimum absolute atomic E-state index is 0.0305. The van der Waals surface area contributed by atoms with Crippen molar-refractivity contribution >= 4 is 22.8 Å². The Bertz CT molecular complexity index is 1170. The predicted molar refractivity (Wildman–Crippen MR) is 110 cm³/mol. The van der Waals surface area contributed by atoms with Crippen LogP contribution in [0.2, 0.25) is 0 Å². The van der Waals surface area contributed by atoms with E-state index in [9.17, 15) is 27.5 Å². The third kappa shape index (κ3) is 4.77. The Hall–Kier alpha value is -3.21. The van der Waals surface area contributed by atoms with Crippen molar-refractivity contribution in [2.24, 2.45) is 0 Å². The molecule has 1 saturated heterocycles. The Kier molecular flexibility index (Phi) is 6.00. The van der Waals surface area contributed by atoms with Crippen molar-refractivity contribution < 1.29 is 36.6 Å². The number of benzene rings is 1. The molecule has 0 aliphatic carbocycles. The Morgan fingerprint density at radius 3 is 2.70 bits per heavy atom. The van der Waals surface area contributed by atoms with Gasteiger partial charge in [0.15, 0.2) is 22.8 Å². The Labute approximate surface area is 186 Å². The van der Waals surface area contributed by atoms with E-state index in [1.165, 1.54) is 25.6 Å². The van der Waals surface area contributed by atoms with E-state index in [0.717, 1.165) is 0 Å². The second-order valence-electron chi connectivity index (χ2n) is 7.96. The largest absolute Gasteiger partial charge is 0.467 e. The van der Waals surface area contributed by atoms with E-state index in [4.69, 9.17) is 4.42 Å². The van der Waals surface area contributed by atoms with Crippen LogP contribution in [-0.4, -0.2) is 53.0 Å². The van der Waals surface area contributed by atoms with Gasteiger partial charge in [-0.1, -0.05) is 0 Å². The number of aromatic nitrogens is 2. The lowest BCUT2D eigenvalue weighted by molar-refractivity contribution is -0.164. The van der Waals surface area contributed by atoms with Crippen molar-refractivity contribution in [2.75, 3.05) is 25.1 Å². The second kappa shape index (κ2) is 8.62. The molecule has 1 aliphatic rings. The van der Waals surface area contributed by atoms with Gasteiger partial charge in [-0.3, -0.25) is 4.98 Å². The van der Waals surface area contributed by atoms with Crippen molar-refractivity contribution in [3.8, 4) is 11.3 Å². The van der Waals surface area contributed by atoms with Gasteiger partial charge in [0.05, 0.1) is 19.1 Å². The molecule has 0 amide bonds. The molecule has 176 valence electrons.